The Balaban J connectivity index is 1.56. The summed E-state index contributed by atoms with van der Waals surface area (Å²) in [7, 11) is 1.85. The van der Waals surface area contributed by atoms with Crippen LogP contribution >= 0.6 is 0 Å². The lowest BCUT2D eigenvalue weighted by Gasteiger charge is -2.06. The summed E-state index contributed by atoms with van der Waals surface area (Å²) in [5.41, 5.74) is 8.22. The number of aromatic nitrogens is 6. The Morgan fingerprint density at radius 2 is 1.96 bits per heavy atom. The summed E-state index contributed by atoms with van der Waals surface area (Å²) in [5.74, 6) is 1.09. The maximum atomic E-state index is 12.9. The Morgan fingerprint density at radius 1 is 1.15 bits per heavy atom. The molecular weight excluding hydrogens is 335 g/mol. The molecule has 3 heterocycles. The third-order valence-electron chi connectivity index (χ3n) is 4.04. The van der Waals surface area contributed by atoms with E-state index >= 15 is 0 Å². The van der Waals surface area contributed by atoms with Crippen molar-refractivity contribution in [3.8, 4) is 5.95 Å². The number of benzene rings is 1. The second-order valence-corrected chi connectivity index (χ2v) is 5.83. The molecule has 26 heavy (non-hydrogen) atoms. The van der Waals surface area contributed by atoms with Gasteiger partial charge in [-0.05, 0) is 30.2 Å². The van der Waals surface area contributed by atoms with Gasteiger partial charge in [0.1, 0.15) is 5.82 Å². The first-order valence-corrected chi connectivity index (χ1v) is 8.10. The predicted molar refractivity (Wildman–Crippen MR) is 96.4 cm³/mol. The molecule has 132 valence electrons. The molecule has 0 radical (unpaired) electrons. The van der Waals surface area contributed by atoms with Crippen LogP contribution in [0.2, 0.25) is 0 Å². The van der Waals surface area contributed by atoms with E-state index in [1.807, 2.05) is 17.7 Å². The number of anilines is 2. The number of nitrogens with one attached hydrogen (secondary N) is 1. The Labute approximate surface area is 148 Å². The molecule has 0 aliphatic carbocycles. The van der Waals surface area contributed by atoms with Crippen LogP contribution in [0.1, 0.15) is 5.56 Å². The number of nitrogens with two attached hydrogens (primary N) is 1. The van der Waals surface area contributed by atoms with E-state index in [4.69, 9.17) is 5.73 Å². The highest BCUT2D eigenvalue weighted by Crippen LogP contribution is 2.21. The van der Waals surface area contributed by atoms with Gasteiger partial charge in [-0.2, -0.15) is 15.1 Å². The highest BCUT2D eigenvalue weighted by atomic mass is 19.1. The van der Waals surface area contributed by atoms with Gasteiger partial charge in [-0.3, -0.25) is 4.57 Å². The molecule has 0 aliphatic rings. The van der Waals surface area contributed by atoms with Crippen LogP contribution in [0.25, 0.3) is 17.1 Å². The molecule has 3 aromatic heterocycles. The van der Waals surface area contributed by atoms with Crippen LogP contribution in [0, 0.1) is 5.82 Å². The number of fused-ring (bicyclic) bond motifs is 1. The van der Waals surface area contributed by atoms with Gasteiger partial charge in [0.2, 0.25) is 11.9 Å². The van der Waals surface area contributed by atoms with E-state index in [1.54, 1.807) is 29.2 Å². The van der Waals surface area contributed by atoms with Crippen molar-refractivity contribution in [3.05, 3.63) is 54.1 Å². The molecule has 0 aliphatic heterocycles. The molecule has 4 aromatic rings. The van der Waals surface area contributed by atoms with Crippen molar-refractivity contribution in [1.29, 1.82) is 0 Å². The lowest BCUT2D eigenvalue weighted by molar-refractivity contribution is 0.627. The lowest BCUT2D eigenvalue weighted by Crippen LogP contribution is -2.10. The van der Waals surface area contributed by atoms with Crippen molar-refractivity contribution in [3.63, 3.8) is 0 Å². The van der Waals surface area contributed by atoms with Gasteiger partial charge in [0, 0.05) is 26.0 Å². The highest BCUT2D eigenvalue weighted by molar-refractivity contribution is 5.84. The normalized spacial score (nSPS) is 11.2. The summed E-state index contributed by atoms with van der Waals surface area (Å²) < 4.78 is 16.4. The minimum atomic E-state index is -0.243. The topological polar surface area (TPSA) is 99.5 Å². The number of hydrogen-bond acceptors (Lipinski definition) is 6. The van der Waals surface area contributed by atoms with Crippen molar-refractivity contribution in [2.75, 3.05) is 17.6 Å². The zero-order valence-corrected chi connectivity index (χ0v) is 14.1. The summed E-state index contributed by atoms with van der Waals surface area (Å²) in [5, 5.41) is 7.34. The third-order valence-corrected chi connectivity index (χ3v) is 4.04. The van der Waals surface area contributed by atoms with E-state index in [0.717, 1.165) is 5.56 Å². The highest BCUT2D eigenvalue weighted by Gasteiger charge is 2.15. The van der Waals surface area contributed by atoms with Crippen LogP contribution in [0.3, 0.4) is 0 Å². The molecule has 3 N–H and O–H groups in total. The molecule has 0 bridgehead atoms. The number of aryl methyl sites for hydroxylation is 1. The molecule has 0 saturated heterocycles. The maximum Gasteiger partial charge on any atom is 0.232 e. The molecule has 0 fully saturated rings. The molecule has 0 atom stereocenters. The molecule has 0 spiro atoms. The number of nitrogen functional groups attached to an aromatic ring is 1. The summed E-state index contributed by atoms with van der Waals surface area (Å²) in [6, 6.07) is 8.22. The average Bonchev–Trinajstić information content (AvgIpc) is 3.26. The average molecular weight is 352 g/mol. The summed E-state index contributed by atoms with van der Waals surface area (Å²) in [4.78, 5) is 13.3. The van der Waals surface area contributed by atoms with Crippen molar-refractivity contribution >= 4 is 22.9 Å². The van der Waals surface area contributed by atoms with Gasteiger partial charge in [0.15, 0.2) is 17.0 Å². The minimum absolute atomic E-state index is 0.243. The number of nitrogens with zero attached hydrogens (tertiary/aromatic N) is 6. The largest absolute Gasteiger partial charge is 0.382 e. The zero-order chi connectivity index (χ0) is 18.1. The minimum Gasteiger partial charge on any atom is -0.382 e. The van der Waals surface area contributed by atoms with E-state index in [1.165, 1.54) is 12.1 Å². The van der Waals surface area contributed by atoms with Crippen LogP contribution in [0.5, 0.6) is 0 Å². The standard InChI is InChI=1S/C17H17FN8/c1-25-15-13(22-17(25)26-10-2-8-21-26)14(19)23-16(24-15)20-9-7-11-3-5-12(18)6-4-11/h2-6,8,10H,7,9H2,1H3,(H3,19,20,23,24). The maximum absolute atomic E-state index is 12.9. The first-order valence-electron chi connectivity index (χ1n) is 8.10. The van der Waals surface area contributed by atoms with E-state index < -0.39 is 0 Å². The zero-order valence-electron chi connectivity index (χ0n) is 14.1. The van der Waals surface area contributed by atoms with Gasteiger partial charge in [-0.25, -0.2) is 14.1 Å². The van der Waals surface area contributed by atoms with Crippen molar-refractivity contribution in [2.24, 2.45) is 7.05 Å². The number of halogens is 1. The fourth-order valence-electron chi connectivity index (χ4n) is 2.71. The predicted octanol–water partition coefficient (Wildman–Crippen LogP) is 1.92. The fraction of sp³-hybridized carbons (Fsp3) is 0.176. The van der Waals surface area contributed by atoms with Gasteiger partial charge in [0.25, 0.3) is 0 Å². The Morgan fingerprint density at radius 3 is 2.69 bits per heavy atom. The monoisotopic (exact) mass is 352 g/mol. The first-order chi connectivity index (χ1) is 12.6. The third kappa shape index (κ3) is 2.94. The summed E-state index contributed by atoms with van der Waals surface area (Å²) in [6.45, 7) is 0.598. The van der Waals surface area contributed by atoms with Crippen molar-refractivity contribution < 1.29 is 4.39 Å². The molecule has 0 unspecified atom stereocenters. The lowest BCUT2D eigenvalue weighted by atomic mass is 10.1. The smallest absolute Gasteiger partial charge is 0.232 e. The quantitative estimate of drug-likeness (QED) is 0.569. The van der Waals surface area contributed by atoms with Gasteiger partial charge in [-0.15, -0.1) is 0 Å². The number of rotatable bonds is 5. The second-order valence-electron chi connectivity index (χ2n) is 5.83. The summed E-state index contributed by atoms with van der Waals surface area (Å²) >= 11 is 0. The Kier molecular flexibility index (Phi) is 3.96. The molecule has 0 saturated carbocycles. The van der Waals surface area contributed by atoms with Crippen LogP contribution in [0.15, 0.2) is 42.7 Å². The van der Waals surface area contributed by atoms with Gasteiger partial charge in [0.05, 0.1) is 0 Å². The van der Waals surface area contributed by atoms with E-state index in [0.29, 0.717) is 41.8 Å². The molecule has 9 heteroatoms. The van der Waals surface area contributed by atoms with Gasteiger partial charge in [-0.1, -0.05) is 12.1 Å². The van der Waals surface area contributed by atoms with Crippen LogP contribution < -0.4 is 11.1 Å². The van der Waals surface area contributed by atoms with E-state index in [-0.39, 0.29) is 5.82 Å². The molecule has 0 amide bonds. The van der Waals surface area contributed by atoms with Crippen LogP contribution in [0.4, 0.5) is 16.2 Å². The fourth-order valence-corrected chi connectivity index (χ4v) is 2.71. The second kappa shape index (κ2) is 6.43. The number of hydrogen-bond donors (Lipinski definition) is 2. The van der Waals surface area contributed by atoms with Crippen LogP contribution in [-0.2, 0) is 13.5 Å². The summed E-state index contributed by atoms with van der Waals surface area (Å²) in [6.07, 6.45) is 4.19. The molecule has 1 aromatic carbocycles. The van der Waals surface area contributed by atoms with Crippen LogP contribution in [-0.4, -0.2) is 35.8 Å². The number of imidazole rings is 1. The molecule has 4 rings (SSSR count). The Bertz CT molecular complexity index is 1040. The molecular formula is C17H17FN8. The van der Waals surface area contributed by atoms with Crippen molar-refractivity contribution in [1.82, 2.24) is 29.3 Å². The Hall–Kier alpha value is -3.49. The van der Waals surface area contributed by atoms with Gasteiger partial charge >= 0.3 is 0 Å². The SMILES string of the molecule is Cn1c(-n2cccn2)nc2c(N)nc(NCCc3ccc(F)cc3)nc21. The van der Waals surface area contributed by atoms with E-state index in [2.05, 4.69) is 25.4 Å². The first kappa shape index (κ1) is 16.0. The van der Waals surface area contributed by atoms with Crippen molar-refractivity contribution in [2.45, 2.75) is 6.42 Å². The van der Waals surface area contributed by atoms with Gasteiger partial charge < -0.3 is 11.1 Å². The molecule has 8 nitrogen and oxygen atoms in total. The van der Waals surface area contributed by atoms with E-state index in [9.17, 15) is 4.39 Å².